The van der Waals surface area contributed by atoms with E-state index in [0.29, 0.717) is 0 Å². The summed E-state index contributed by atoms with van der Waals surface area (Å²) >= 11 is 0. The van der Waals surface area contributed by atoms with Gasteiger partial charge in [-0.2, -0.15) is 0 Å². The number of nitro benzene ring substituents is 1. The zero-order valence-corrected chi connectivity index (χ0v) is 12.5. The van der Waals surface area contributed by atoms with Crippen molar-refractivity contribution in [3.63, 3.8) is 0 Å². The van der Waals surface area contributed by atoms with Crippen LogP contribution in [0.25, 0.3) is 0 Å². The highest BCUT2D eigenvalue weighted by atomic mass is 16.6. The Labute approximate surface area is 122 Å². The highest BCUT2D eigenvalue weighted by molar-refractivity contribution is 5.98. The number of nitro groups is 1. The maximum absolute atomic E-state index is 12.3. The molecule has 0 radical (unpaired) electrons. The van der Waals surface area contributed by atoms with Gasteiger partial charge in [-0.05, 0) is 18.6 Å². The number of methoxy groups -OCH3 is 1. The number of hydrogen-bond acceptors (Lipinski definition) is 5. The molecule has 1 atom stereocenters. The van der Waals surface area contributed by atoms with Gasteiger partial charge >= 0.3 is 5.97 Å². The predicted molar refractivity (Wildman–Crippen MR) is 76.0 cm³/mol. The van der Waals surface area contributed by atoms with Crippen molar-refractivity contribution >= 4 is 17.6 Å². The second-order valence-electron chi connectivity index (χ2n) is 4.89. The lowest BCUT2D eigenvalue weighted by atomic mass is 10.1. The SMILES string of the molecule is COC(=O)C(C)CN(C)C(=O)c1cc(C)ccc1[N+](=O)[O-]. The molecule has 114 valence electrons. The fourth-order valence-corrected chi connectivity index (χ4v) is 1.96. The number of carbonyl (C=O) groups excluding carboxylic acids is 2. The maximum Gasteiger partial charge on any atom is 0.310 e. The van der Waals surface area contributed by atoms with Crippen molar-refractivity contribution in [2.45, 2.75) is 13.8 Å². The molecule has 0 fully saturated rings. The van der Waals surface area contributed by atoms with Crippen molar-refractivity contribution in [1.82, 2.24) is 4.90 Å². The number of rotatable bonds is 5. The minimum Gasteiger partial charge on any atom is -0.469 e. The van der Waals surface area contributed by atoms with Crippen LogP contribution >= 0.6 is 0 Å². The Kier molecular flexibility index (Phi) is 5.40. The number of carbonyl (C=O) groups is 2. The van der Waals surface area contributed by atoms with Crippen LogP contribution in [0, 0.1) is 23.0 Å². The summed E-state index contributed by atoms with van der Waals surface area (Å²) in [5.74, 6) is -1.44. The molecule has 7 nitrogen and oxygen atoms in total. The van der Waals surface area contributed by atoms with Gasteiger partial charge < -0.3 is 9.64 Å². The lowest BCUT2D eigenvalue weighted by Crippen LogP contribution is -2.34. The Morgan fingerprint density at radius 2 is 2.05 bits per heavy atom. The van der Waals surface area contributed by atoms with E-state index in [-0.39, 0.29) is 17.8 Å². The predicted octanol–water partition coefficient (Wildman–Crippen LogP) is 1.78. The Bertz CT molecular complexity index is 570. The summed E-state index contributed by atoms with van der Waals surface area (Å²) in [6, 6.07) is 4.35. The third kappa shape index (κ3) is 4.01. The van der Waals surface area contributed by atoms with Crippen molar-refractivity contribution in [3.8, 4) is 0 Å². The van der Waals surface area contributed by atoms with Crippen LogP contribution in [0.3, 0.4) is 0 Å². The Hall–Kier alpha value is -2.44. The zero-order valence-electron chi connectivity index (χ0n) is 12.5. The molecule has 0 aliphatic carbocycles. The molecule has 1 unspecified atom stereocenters. The average Bonchev–Trinajstić information content (AvgIpc) is 2.44. The summed E-state index contributed by atoms with van der Waals surface area (Å²) < 4.78 is 4.59. The number of nitrogens with zero attached hydrogens (tertiary/aromatic N) is 2. The van der Waals surface area contributed by atoms with E-state index in [9.17, 15) is 19.7 Å². The Balaban J connectivity index is 3.00. The molecule has 7 heteroatoms. The van der Waals surface area contributed by atoms with Gasteiger partial charge in [-0.15, -0.1) is 0 Å². The molecule has 0 saturated carbocycles. The van der Waals surface area contributed by atoms with Gasteiger partial charge in [0.25, 0.3) is 11.6 Å². The molecule has 1 aromatic carbocycles. The fourth-order valence-electron chi connectivity index (χ4n) is 1.96. The van der Waals surface area contributed by atoms with Crippen LogP contribution in [0.5, 0.6) is 0 Å². The number of ether oxygens (including phenoxy) is 1. The number of aryl methyl sites for hydroxylation is 1. The van der Waals surface area contributed by atoms with Crippen LogP contribution in [-0.2, 0) is 9.53 Å². The van der Waals surface area contributed by atoms with Crippen molar-refractivity contribution < 1.29 is 19.2 Å². The minimum absolute atomic E-state index is 0.0135. The zero-order chi connectivity index (χ0) is 16.2. The van der Waals surface area contributed by atoms with Gasteiger partial charge in [-0.3, -0.25) is 19.7 Å². The van der Waals surface area contributed by atoms with E-state index in [1.165, 1.54) is 31.2 Å². The van der Waals surface area contributed by atoms with Crippen molar-refractivity contribution in [2.24, 2.45) is 5.92 Å². The summed E-state index contributed by atoms with van der Waals surface area (Å²) in [4.78, 5) is 35.4. The molecule has 1 amide bonds. The van der Waals surface area contributed by atoms with E-state index >= 15 is 0 Å². The topological polar surface area (TPSA) is 89.8 Å². The van der Waals surface area contributed by atoms with E-state index in [1.54, 1.807) is 19.9 Å². The first kappa shape index (κ1) is 16.6. The molecular formula is C14H18N2O5. The molecule has 1 aromatic rings. The second-order valence-corrected chi connectivity index (χ2v) is 4.89. The largest absolute Gasteiger partial charge is 0.469 e. The monoisotopic (exact) mass is 294 g/mol. The summed E-state index contributed by atoms with van der Waals surface area (Å²) in [7, 11) is 2.76. The first-order valence-electron chi connectivity index (χ1n) is 6.36. The molecule has 0 bridgehead atoms. The van der Waals surface area contributed by atoms with Crippen molar-refractivity contribution in [1.29, 1.82) is 0 Å². The maximum atomic E-state index is 12.3. The minimum atomic E-state index is -0.593. The van der Waals surface area contributed by atoms with E-state index in [1.807, 2.05) is 0 Å². The van der Waals surface area contributed by atoms with E-state index < -0.39 is 22.7 Å². The van der Waals surface area contributed by atoms with E-state index in [2.05, 4.69) is 4.74 Å². The molecule has 0 saturated heterocycles. The van der Waals surface area contributed by atoms with Crippen LogP contribution < -0.4 is 0 Å². The summed E-state index contributed by atoms with van der Waals surface area (Å²) in [6.07, 6.45) is 0. The molecule has 1 rings (SSSR count). The smallest absolute Gasteiger partial charge is 0.310 e. The molecule has 0 aromatic heterocycles. The quantitative estimate of drug-likeness (QED) is 0.469. The molecule has 0 aliphatic heterocycles. The fraction of sp³-hybridized carbons (Fsp3) is 0.429. The number of amides is 1. The van der Waals surface area contributed by atoms with Gasteiger partial charge in [0.1, 0.15) is 5.56 Å². The third-order valence-corrected chi connectivity index (χ3v) is 3.08. The van der Waals surface area contributed by atoms with Gasteiger partial charge in [0.15, 0.2) is 0 Å². The van der Waals surface area contributed by atoms with Gasteiger partial charge in [-0.1, -0.05) is 13.0 Å². The number of hydrogen-bond donors (Lipinski definition) is 0. The summed E-state index contributed by atoms with van der Waals surface area (Å²) in [5, 5.41) is 11.0. The van der Waals surface area contributed by atoms with Crippen LogP contribution in [0.4, 0.5) is 5.69 Å². The molecular weight excluding hydrogens is 276 g/mol. The third-order valence-electron chi connectivity index (χ3n) is 3.08. The Morgan fingerprint density at radius 3 is 2.57 bits per heavy atom. The highest BCUT2D eigenvalue weighted by Crippen LogP contribution is 2.21. The molecule has 0 aliphatic rings. The van der Waals surface area contributed by atoms with E-state index in [4.69, 9.17) is 0 Å². The summed E-state index contributed by atoms with van der Waals surface area (Å²) in [6.45, 7) is 3.49. The van der Waals surface area contributed by atoms with Crippen LogP contribution in [0.1, 0.15) is 22.8 Å². The molecule has 0 spiro atoms. The Morgan fingerprint density at radius 1 is 1.43 bits per heavy atom. The highest BCUT2D eigenvalue weighted by Gasteiger charge is 2.25. The second kappa shape index (κ2) is 6.83. The van der Waals surface area contributed by atoms with E-state index in [0.717, 1.165) is 5.56 Å². The van der Waals surface area contributed by atoms with Crippen LogP contribution in [0.2, 0.25) is 0 Å². The first-order valence-corrected chi connectivity index (χ1v) is 6.36. The normalized spacial score (nSPS) is 11.6. The van der Waals surface area contributed by atoms with Gasteiger partial charge in [-0.25, -0.2) is 0 Å². The lowest BCUT2D eigenvalue weighted by Gasteiger charge is -2.20. The molecule has 21 heavy (non-hydrogen) atoms. The van der Waals surface area contributed by atoms with Gasteiger partial charge in [0, 0.05) is 19.7 Å². The van der Waals surface area contributed by atoms with Gasteiger partial charge in [0.2, 0.25) is 0 Å². The van der Waals surface area contributed by atoms with Crippen LogP contribution in [-0.4, -0.2) is 42.4 Å². The first-order chi connectivity index (χ1) is 9.77. The van der Waals surface area contributed by atoms with Crippen LogP contribution in [0.15, 0.2) is 18.2 Å². The standard InChI is InChI=1S/C14H18N2O5/c1-9-5-6-12(16(19)20)11(7-9)13(17)15(3)8-10(2)14(18)21-4/h5-7,10H,8H2,1-4H3. The van der Waals surface area contributed by atoms with Crippen molar-refractivity contribution in [3.05, 3.63) is 39.4 Å². The molecule has 0 heterocycles. The lowest BCUT2D eigenvalue weighted by molar-refractivity contribution is -0.385. The van der Waals surface area contributed by atoms with Crippen molar-refractivity contribution in [2.75, 3.05) is 20.7 Å². The average molecular weight is 294 g/mol. The summed E-state index contributed by atoms with van der Waals surface area (Å²) in [5.41, 5.74) is 0.515. The number of esters is 1. The molecule has 0 N–H and O–H groups in total. The number of benzene rings is 1. The van der Waals surface area contributed by atoms with Gasteiger partial charge in [0.05, 0.1) is 18.0 Å².